The van der Waals surface area contributed by atoms with Crippen LogP contribution in [0.25, 0.3) is 22.4 Å². The minimum absolute atomic E-state index is 0.0725. The molecule has 0 bridgehead atoms. The second kappa shape index (κ2) is 9.01. The molecule has 0 saturated carbocycles. The van der Waals surface area contributed by atoms with Gasteiger partial charge in [-0.05, 0) is 37.6 Å². The Hall–Kier alpha value is -4.00. The van der Waals surface area contributed by atoms with Crippen molar-refractivity contribution in [2.75, 3.05) is 26.1 Å². The van der Waals surface area contributed by atoms with E-state index in [0.29, 0.717) is 28.8 Å². The van der Waals surface area contributed by atoms with Crippen molar-refractivity contribution in [3.8, 4) is 28.6 Å². The fraction of sp³-hybridized carbons (Fsp3) is 0.200. The lowest BCUT2D eigenvalue weighted by atomic mass is 10.1. The largest absolute Gasteiger partial charge is 0.493 e. The lowest BCUT2D eigenvalue weighted by Crippen LogP contribution is -2.20. The van der Waals surface area contributed by atoms with Gasteiger partial charge in [0.15, 0.2) is 18.1 Å². The Labute approximate surface area is 186 Å². The smallest absolute Gasteiger partial charge is 0.262 e. The van der Waals surface area contributed by atoms with Crippen molar-refractivity contribution in [2.45, 2.75) is 13.8 Å². The van der Waals surface area contributed by atoms with E-state index in [4.69, 9.17) is 14.2 Å². The molecule has 0 spiro atoms. The van der Waals surface area contributed by atoms with Gasteiger partial charge in [-0.2, -0.15) is 0 Å². The van der Waals surface area contributed by atoms with E-state index in [2.05, 4.69) is 15.3 Å². The monoisotopic (exact) mass is 431 g/mol. The number of H-pyrrole nitrogens is 1. The zero-order valence-electron chi connectivity index (χ0n) is 18.5. The van der Waals surface area contributed by atoms with Crippen LogP contribution in [0.3, 0.4) is 0 Å². The number of aromatic amines is 1. The van der Waals surface area contributed by atoms with E-state index >= 15 is 0 Å². The first-order valence-corrected chi connectivity index (χ1v) is 10.2. The Kier molecular flexibility index (Phi) is 5.98. The number of methoxy groups -OCH3 is 2. The Bertz CT molecular complexity index is 1220. The van der Waals surface area contributed by atoms with Crippen molar-refractivity contribution < 1.29 is 19.0 Å². The number of aryl methyl sites for hydroxylation is 2. The summed E-state index contributed by atoms with van der Waals surface area (Å²) in [5.74, 6) is 2.35. The number of fused-ring (bicyclic) bond motifs is 1. The number of carbonyl (C=O) groups excluding carboxylic acids is 1. The summed E-state index contributed by atoms with van der Waals surface area (Å²) in [7, 11) is 3.19. The first kappa shape index (κ1) is 21.2. The van der Waals surface area contributed by atoms with Crippen LogP contribution in [0.15, 0.2) is 54.6 Å². The number of benzene rings is 3. The van der Waals surface area contributed by atoms with E-state index in [1.807, 2.05) is 68.4 Å². The Balaban J connectivity index is 1.53. The minimum Gasteiger partial charge on any atom is -0.493 e. The summed E-state index contributed by atoms with van der Waals surface area (Å²) in [6.45, 7) is 3.87. The van der Waals surface area contributed by atoms with Gasteiger partial charge in [-0.1, -0.05) is 29.8 Å². The van der Waals surface area contributed by atoms with Crippen LogP contribution >= 0.6 is 0 Å². The molecule has 7 heteroatoms. The van der Waals surface area contributed by atoms with Crippen molar-refractivity contribution in [2.24, 2.45) is 0 Å². The maximum Gasteiger partial charge on any atom is 0.262 e. The summed E-state index contributed by atoms with van der Waals surface area (Å²) in [6, 6.07) is 17.1. The van der Waals surface area contributed by atoms with Crippen LogP contribution in [-0.2, 0) is 4.79 Å². The third-order valence-electron chi connectivity index (χ3n) is 5.16. The number of amides is 1. The maximum atomic E-state index is 12.4. The molecule has 0 aliphatic carbocycles. The predicted octanol–water partition coefficient (Wildman–Crippen LogP) is 4.88. The molecule has 0 aliphatic heterocycles. The molecule has 2 N–H and O–H groups in total. The number of hydrogen-bond acceptors (Lipinski definition) is 5. The van der Waals surface area contributed by atoms with Gasteiger partial charge in [0.2, 0.25) is 0 Å². The second-order valence-corrected chi connectivity index (χ2v) is 7.49. The average molecular weight is 431 g/mol. The molecule has 164 valence electrons. The molecule has 0 atom stereocenters. The number of ether oxygens (including phenoxy) is 3. The van der Waals surface area contributed by atoms with Crippen LogP contribution in [0.4, 0.5) is 5.69 Å². The summed E-state index contributed by atoms with van der Waals surface area (Å²) in [5, 5.41) is 2.93. The number of anilines is 1. The highest BCUT2D eigenvalue weighted by atomic mass is 16.5. The lowest BCUT2D eigenvalue weighted by Gasteiger charge is -2.11. The fourth-order valence-electron chi connectivity index (χ4n) is 3.35. The van der Waals surface area contributed by atoms with Crippen LogP contribution in [-0.4, -0.2) is 36.7 Å². The number of imidazole rings is 1. The van der Waals surface area contributed by atoms with E-state index in [1.54, 1.807) is 14.2 Å². The molecule has 4 rings (SSSR count). The molecule has 0 radical (unpaired) electrons. The summed E-state index contributed by atoms with van der Waals surface area (Å²) in [6.07, 6.45) is 0. The Morgan fingerprint density at radius 3 is 2.41 bits per heavy atom. The van der Waals surface area contributed by atoms with Gasteiger partial charge in [0.25, 0.3) is 5.91 Å². The van der Waals surface area contributed by atoms with Gasteiger partial charge in [0, 0.05) is 23.4 Å². The molecule has 0 unspecified atom stereocenters. The van der Waals surface area contributed by atoms with Crippen molar-refractivity contribution in [3.63, 3.8) is 0 Å². The SMILES string of the molecule is COc1cc2nc(-c3ccc(C)c(NC(=O)COc4ccc(C)cc4)c3)[nH]c2cc1OC. The molecule has 0 fully saturated rings. The number of aromatic nitrogens is 2. The van der Waals surface area contributed by atoms with Crippen molar-refractivity contribution in [1.29, 1.82) is 0 Å². The summed E-state index contributed by atoms with van der Waals surface area (Å²) in [5.41, 5.74) is 5.22. The van der Waals surface area contributed by atoms with Crippen LogP contribution in [0, 0.1) is 13.8 Å². The average Bonchev–Trinajstić information content (AvgIpc) is 3.22. The molecular formula is C25H25N3O4. The standard InChI is InChI=1S/C25H25N3O4/c1-15-5-9-18(10-6-15)32-14-24(29)26-19-11-17(8-7-16(19)2)25-27-20-12-22(30-3)23(31-4)13-21(20)28-25/h5-13H,14H2,1-4H3,(H,26,29)(H,27,28). The van der Waals surface area contributed by atoms with Crippen LogP contribution in [0.2, 0.25) is 0 Å². The fourth-order valence-corrected chi connectivity index (χ4v) is 3.35. The molecule has 4 aromatic rings. The second-order valence-electron chi connectivity index (χ2n) is 7.49. The van der Waals surface area contributed by atoms with Gasteiger partial charge in [0.1, 0.15) is 11.6 Å². The maximum absolute atomic E-state index is 12.4. The number of rotatable bonds is 7. The molecular weight excluding hydrogens is 406 g/mol. The Morgan fingerprint density at radius 1 is 0.969 bits per heavy atom. The van der Waals surface area contributed by atoms with Crippen LogP contribution in [0.5, 0.6) is 17.2 Å². The van der Waals surface area contributed by atoms with Gasteiger partial charge in [0.05, 0.1) is 25.3 Å². The predicted molar refractivity (Wildman–Crippen MR) is 125 cm³/mol. The van der Waals surface area contributed by atoms with Crippen molar-refractivity contribution in [1.82, 2.24) is 9.97 Å². The summed E-state index contributed by atoms with van der Waals surface area (Å²) in [4.78, 5) is 20.4. The number of nitrogens with zero attached hydrogens (tertiary/aromatic N) is 1. The molecule has 0 saturated heterocycles. The molecule has 1 heterocycles. The van der Waals surface area contributed by atoms with Gasteiger partial charge < -0.3 is 24.5 Å². The van der Waals surface area contributed by atoms with Gasteiger partial charge >= 0.3 is 0 Å². The number of nitrogens with one attached hydrogen (secondary N) is 2. The lowest BCUT2D eigenvalue weighted by molar-refractivity contribution is -0.118. The number of hydrogen-bond donors (Lipinski definition) is 2. The van der Waals surface area contributed by atoms with Crippen molar-refractivity contribution in [3.05, 3.63) is 65.7 Å². The molecule has 32 heavy (non-hydrogen) atoms. The minimum atomic E-state index is -0.232. The molecule has 7 nitrogen and oxygen atoms in total. The zero-order chi connectivity index (χ0) is 22.7. The third-order valence-corrected chi connectivity index (χ3v) is 5.16. The topological polar surface area (TPSA) is 85.5 Å². The van der Waals surface area contributed by atoms with Crippen LogP contribution in [0.1, 0.15) is 11.1 Å². The number of carbonyl (C=O) groups is 1. The first-order valence-electron chi connectivity index (χ1n) is 10.2. The van der Waals surface area contributed by atoms with Gasteiger partial charge in [-0.3, -0.25) is 4.79 Å². The van der Waals surface area contributed by atoms with Crippen LogP contribution < -0.4 is 19.5 Å². The summed E-state index contributed by atoms with van der Waals surface area (Å²) >= 11 is 0. The third kappa shape index (κ3) is 4.51. The van der Waals surface area contributed by atoms with Gasteiger partial charge in [-0.15, -0.1) is 0 Å². The van der Waals surface area contributed by atoms with Crippen molar-refractivity contribution >= 4 is 22.6 Å². The normalized spacial score (nSPS) is 10.8. The van der Waals surface area contributed by atoms with E-state index in [0.717, 1.165) is 27.7 Å². The molecule has 3 aromatic carbocycles. The van der Waals surface area contributed by atoms with E-state index in [-0.39, 0.29) is 12.5 Å². The highest BCUT2D eigenvalue weighted by Crippen LogP contribution is 2.33. The first-order chi connectivity index (χ1) is 15.5. The quantitative estimate of drug-likeness (QED) is 0.436. The van der Waals surface area contributed by atoms with E-state index in [1.165, 1.54) is 0 Å². The van der Waals surface area contributed by atoms with E-state index < -0.39 is 0 Å². The van der Waals surface area contributed by atoms with Gasteiger partial charge in [-0.25, -0.2) is 4.98 Å². The molecule has 1 amide bonds. The Morgan fingerprint density at radius 2 is 1.69 bits per heavy atom. The highest BCUT2D eigenvalue weighted by Gasteiger charge is 2.13. The van der Waals surface area contributed by atoms with E-state index in [9.17, 15) is 4.79 Å². The molecule has 0 aliphatic rings. The summed E-state index contributed by atoms with van der Waals surface area (Å²) < 4.78 is 16.3. The molecule has 1 aromatic heterocycles. The highest BCUT2D eigenvalue weighted by molar-refractivity contribution is 5.93. The zero-order valence-corrected chi connectivity index (χ0v) is 18.5.